The van der Waals surface area contributed by atoms with Crippen molar-refractivity contribution >= 4 is 101 Å². The molecule has 0 saturated carbocycles. The van der Waals surface area contributed by atoms with Gasteiger partial charge < -0.3 is 15.2 Å². The number of carbonyl (C=O) groups excluding carboxylic acids is 2. The molecule has 39 heavy (non-hydrogen) atoms. The Balaban J connectivity index is 2.38. The van der Waals surface area contributed by atoms with Gasteiger partial charge in [-0.25, -0.2) is 4.79 Å². The number of nitrogen functional groups attached to an aromatic ring is 1. The van der Waals surface area contributed by atoms with Crippen LogP contribution in [0.15, 0.2) is 24.3 Å². The van der Waals surface area contributed by atoms with E-state index in [9.17, 15) is 41.3 Å². The van der Waals surface area contributed by atoms with Crippen LogP contribution in [-0.2, 0) is 26.1 Å². The number of rotatable bonds is 10. The molecule has 0 saturated heterocycles. The number of nitrogens with zero attached hydrogens (tertiary/aromatic N) is 1. The van der Waals surface area contributed by atoms with Crippen LogP contribution in [0, 0.1) is 26.7 Å². The van der Waals surface area contributed by atoms with Crippen molar-refractivity contribution in [1.82, 2.24) is 0 Å². The summed E-state index contributed by atoms with van der Waals surface area (Å²) in [6.45, 7) is 1.68. The van der Waals surface area contributed by atoms with Gasteiger partial charge in [0.2, 0.25) is 11.9 Å². The summed E-state index contributed by atoms with van der Waals surface area (Å²) in [6.07, 6.45) is -8.18. The summed E-state index contributed by atoms with van der Waals surface area (Å²) in [5.41, 5.74) is 5.90. The highest BCUT2D eigenvalue weighted by molar-refractivity contribution is 14.1. The average Bonchev–Trinajstić information content (AvgIpc) is 2.80. The highest BCUT2D eigenvalue weighted by Crippen LogP contribution is 2.34. The SMILES string of the molecule is CCC(Cc1c(I)cc(I)c(N)c1I)C(=O)Oc1cc(C(=O)OC(CS(=O)(=O)O)C(F)(F)F)ccc1[N+](=O)[O-]. The molecule has 0 heterocycles. The molecule has 0 bridgehead atoms. The van der Waals surface area contributed by atoms with Gasteiger partial charge in [-0.2, -0.15) is 21.6 Å². The summed E-state index contributed by atoms with van der Waals surface area (Å²) in [7, 11) is -5.19. The summed E-state index contributed by atoms with van der Waals surface area (Å²) in [5.74, 6) is -6.14. The fourth-order valence-electron chi connectivity index (χ4n) is 3.13. The highest BCUT2D eigenvalue weighted by Gasteiger charge is 2.45. The summed E-state index contributed by atoms with van der Waals surface area (Å²) in [6, 6.07) is 3.93. The molecule has 0 fully saturated rings. The number of nitrogens with two attached hydrogens (primary N) is 1. The van der Waals surface area contributed by atoms with E-state index >= 15 is 0 Å². The molecule has 2 unspecified atom stereocenters. The number of alkyl halides is 3. The monoisotopic (exact) mass is 912 g/mol. The minimum atomic E-state index is -5.36. The van der Waals surface area contributed by atoms with Gasteiger partial charge in [-0.15, -0.1) is 0 Å². The fourth-order valence-corrected chi connectivity index (χ4v) is 7.58. The topological polar surface area (TPSA) is 176 Å². The normalized spacial score (nSPS) is 13.4. The Hall–Kier alpha value is -1.53. The van der Waals surface area contributed by atoms with Gasteiger partial charge >= 0.3 is 23.8 Å². The first-order valence-corrected chi connectivity index (χ1v) is 15.3. The maximum Gasteiger partial charge on any atom is 0.426 e. The number of nitro groups is 1. The maximum absolute atomic E-state index is 13.1. The van der Waals surface area contributed by atoms with E-state index in [0.717, 1.165) is 28.4 Å². The van der Waals surface area contributed by atoms with Crippen LogP contribution < -0.4 is 10.5 Å². The van der Waals surface area contributed by atoms with E-state index in [1.165, 1.54) is 0 Å². The number of halogens is 6. The standard InChI is InChI=1S/C21H18F3I3N2O9S/c1-2-9(5-11-12(25)7-13(26)18(28)17(11)27)19(30)37-15-6-10(3-4-14(15)29(32)33)20(31)38-16(21(22,23)24)8-39(34,35)36/h3-4,6-7,9,16H,2,5,8,28H2,1H3,(H,34,35,36). The lowest BCUT2D eigenvalue weighted by molar-refractivity contribution is -0.385. The van der Waals surface area contributed by atoms with Crippen LogP contribution in [0.3, 0.4) is 0 Å². The number of hydrogen-bond acceptors (Lipinski definition) is 9. The number of esters is 2. The first kappa shape index (κ1) is 33.7. The van der Waals surface area contributed by atoms with E-state index in [1.807, 2.05) is 28.7 Å². The first-order chi connectivity index (χ1) is 17.9. The zero-order valence-electron chi connectivity index (χ0n) is 19.5. The first-order valence-electron chi connectivity index (χ1n) is 10.5. The fraction of sp³-hybridized carbons (Fsp3) is 0.333. The number of nitro benzene ring substituents is 1. The summed E-state index contributed by atoms with van der Waals surface area (Å²) in [4.78, 5) is 35.9. The Labute approximate surface area is 260 Å². The van der Waals surface area contributed by atoms with Gasteiger partial charge in [0.25, 0.3) is 10.1 Å². The lowest BCUT2D eigenvalue weighted by Gasteiger charge is -2.20. The third-order valence-corrected chi connectivity index (χ3v) is 8.97. The Bertz CT molecular complexity index is 1410. The molecule has 2 rings (SSSR count). The number of benzene rings is 2. The van der Waals surface area contributed by atoms with Crippen molar-refractivity contribution in [1.29, 1.82) is 0 Å². The molecule has 0 amide bonds. The second-order valence-electron chi connectivity index (χ2n) is 7.90. The lowest BCUT2D eigenvalue weighted by Crippen LogP contribution is -2.39. The van der Waals surface area contributed by atoms with E-state index in [4.69, 9.17) is 15.0 Å². The minimum Gasteiger partial charge on any atom is -0.448 e. The van der Waals surface area contributed by atoms with E-state index in [1.54, 1.807) is 6.92 Å². The smallest absolute Gasteiger partial charge is 0.426 e. The highest BCUT2D eigenvalue weighted by atomic mass is 127. The average molecular weight is 912 g/mol. The van der Waals surface area contributed by atoms with Crippen molar-refractivity contribution in [2.24, 2.45) is 5.92 Å². The minimum absolute atomic E-state index is 0.158. The molecule has 0 radical (unpaired) electrons. The predicted molar refractivity (Wildman–Crippen MR) is 157 cm³/mol. The van der Waals surface area contributed by atoms with E-state index in [-0.39, 0.29) is 12.8 Å². The molecular weight excluding hydrogens is 894 g/mol. The number of ether oxygens (including phenoxy) is 2. The molecule has 2 aromatic carbocycles. The molecule has 18 heteroatoms. The van der Waals surface area contributed by atoms with Gasteiger partial charge in [-0.05, 0) is 98.3 Å². The van der Waals surface area contributed by atoms with E-state index < -0.39 is 67.9 Å². The van der Waals surface area contributed by atoms with E-state index in [2.05, 4.69) is 49.9 Å². The van der Waals surface area contributed by atoms with Crippen molar-refractivity contribution in [3.05, 3.63) is 56.2 Å². The molecule has 0 aliphatic carbocycles. The van der Waals surface area contributed by atoms with Crippen LogP contribution in [0.2, 0.25) is 0 Å². The quantitative estimate of drug-likeness (QED) is 0.0618. The molecule has 0 aliphatic rings. The third-order valence-electron chi connectivity index (χ3n) is 5.16. The van der Waals surface area contributed by atoms with Gasteiger partial charge in [0, 0.05) is 22.8 Å². The van der Waals surface area contributed by atoms with Crippen LogP contribution in [-0.4, -0.2) is 47.9 Å². The summed E-state index contributed by atoms with van der Waals surface area (Å²) in [5, 5.41) is 11.5. The predicted octanol–water partition coefficient (Wildman–Crippen LogP) is 5.14. The Morgan fingerprint density at radius 3 is 2.31 bits per heavy atom. The van der Waals surface area contributed by atoms with Crippen molar-refractivity contribution in [3.8, 4) is 5.75 Å². The van der Waals surface area contributed by atoms with E-state index in [0.29, 0.717) is 11.8 Å². The zero-order chi connectivity index (χ0) is 29.9. The molecule has 0 aliphatic heterocycles. The Morgan fingerprint density at radius 2 is 1.79 bits per heavy atom. The second-order valence-corrected chi connectivity index (χ2v) is 12.8. The van der Waals surface area contributed by atoms with Crippen LogP contribution in [0.25, 0.3) is 0 Å². The summed E-state index contributed by atoms with van der Waals surface area (Å²) < 4.78 is 81.8. The molecule has 2 atom stereocenters. The molecule has 0 spiro atoms. The van der Waals surface area contributed by atoms with Crippen molar-refractivity contribution in [3.63, 3.8) is 0 Å². The van der Waals surface area contributed by atoms with Crippen LogP contribution in [0.1, 0.15) is 29.3 Å². The molecule has 0 aromatic heterocycles. The number of carbonyl (C=O) groups is 2. The Morgan fingerprint density at radius 1 is 1.18 bits per heavy atom. The Kier molecular flexibility index (Phi) is 11.6. The molecular formula is C21H18F3I3N2O9S. The van der Waals surface area contributed by atoms with Gasteiger partial charge in [0.05, 0.1) is 22.1 Å². The van der Waals surface area contributed by atoms with Crippen molar-refractivity contribution in [2.75, 3.05) is 11.5 Å². The second kappa shape index (κ2) is 13.4. The lowest BCUT2D eigenvalue weighted by atomic mass is 9.96. The van der Waals surface area contributed by atoms with Crippen LogP contribution >= 0.6 is 67.8 Å². The number of anilines is 1. The third kappa shape index (κ3) is 9.24. The molecule has 214 valence electrons. The molecule has 3 N–H and O–H groups in total. The van der Waals surface area contributed by atoms with Crippen molar-refractivity contribution < 1.29 is 50.1 Å². The van der Waals surface area contributed by atoms with Gasteiger partial charge in [0.15, 0.2) is 0 Å². The largest absolute Gasteiger partial charge is 0.448 e. The molecule has 2 aromatic rings. The van der Waals surface area contributed by atoms with Gasteiger partial charge in [0.1, 0.15) is 5.75 Å². The number of hydrogen-bond donors (Lipinski definition) is 2. The van der Waals surface area contributed by atoms with Crippen molar-refractivity contribution in [2.45, 2.75) is 32.0 Å². The summed E-state index contributed by atoms with van der Waals surface area (Å²) >= 11 is 6.19. The van der Waals surface area contributed by atoms with Crippen LogP contribution in [0.5, 0.6) is 5.75 Å². The van der Waals surface area contributed by atoms with Gasteiger partial charge in [-0.3, -0.25) is 19.5 Å². The van der Waals surface area contributed by atoms with Gasteiger partial charge in [-0.1, -0.05) is 6.92 Å². The molecule has 11 nitrogen and oxygen atoms in total. The zero-order valence-corrected chi connectivity index (χ0v) is 26.8. The van der Waals surface area contributed by atoms with Crippen LogP contribution in [0.4, 0.5) is 24.5 Å². The maximum atomic E-state index is 13.1.